The quantitative estimate of drug-likeness (QED) is 0.784. The number of aliphatic imine (C=N–C) groups is 1. The second-order valence-electron chi connectivity index (χ2n) is 5.30. The number of benzene rings is 2. The van der Waals surface area contributed by atoms with Gasteiger partial charge in [0.2, 0.25) is 0 Å². The lowest BCUT2D eigenvalue weighted by atomic mass is 10.0. The van der Waals surface area contributed by atoms with Gasteiger partial charge in [-0.3, -0.25) is 10.4 Å². The molecule has 4 nitrogen and oxygen atoms in total. The third kappa shape index (κ3) is 2.67. The van der Waals surface area contributed by atoms with Crippen molar-refractivity contribution in [2.75, 3.05) is 0 Å². The van der Waals surface area contributed by atoms with Crippen molar-refractivity contribution in [1.82, 2.24) is 10.4 Å². The highest BCUT2D eigenvalue weighted by molar-refractivity contribution is 6.17. The van der Waals surface area contributed by atoms with E-state index in [0.29, 0.717) is 22.8 Å². The number of nitrogens with one attached hydrogen (secondary N) is 1. The summed E-state index contributed by atoms with van der Waals surface area (Å²) in [5.74, 6) is 0.274. The minimum absolute atomic E-state index is 0.319. The van der Waals surface area contributed by atoms with Crippen molar-refractivity contribution in [2.24, 2.45) is 10.1 Å². The standard InChI is InChI=1S/C19H13FN4/c20-15-6-7-17-16(12-15)18(13-4-2-1-3-5-13)23-24-19(22-17)14-8-10-21-11-9-14/h1-12H,(H,22,24). The molecular weight excluding hydrogens is 303 g/mol. The van der Waals surface area contributed by atoms with E-state index < -0.39 is 0 Å². The molecule has 116 valence electrons. The number of fused-ring (bicyclic) bond motifs is 1. The smallest absolute Gasteiger partial charge is 0.154 e. The summed E-state index contributed by atoms with van der Waals surface area (Å²) in [6, 6.07) is 17.9. The molecule has 0 spiro atoms. The van der Waals surface area contributed by atoms with Gasteiger partial charge >= 0.3 is 0 Å². The van der Waals surface area contributed by atoms with Gasteiger partial charge in [0.1, 0.15) is 11.5 Å². The number of rotatable bonds is 2. The molecule has 0 amide bonds. The summed E-state index contributed by atoms with van der Waals surface area (Å²) in [7, 11) is 0. The molecule has 5 heteroatoms. The fourth-order valence-electron chi connectivity index (χ4n) is 2.56. The zero-order chi connectivity index (χ0) is 16.4. The van der Waals surface area contributed by atoms with Crippen LogP contribution in [0.15, 0.2) is 83.2 Å². The van der Waals surface area contributed by atoms with Crippen molar-refractivity contribution in [1.29, 1.82) is 0 Å². The van der Waals surface area contributed by atoms with E-state index in [1.165, 1.54) is 12.1 Å². The number of pyridine rings is 1. The third-order valence-corrected chi connectivity index (χ3v) is 3.72. The molecule has 4 rings (SSSR count). The Labute approximate surface area is 138 Å². The summed E-state index contributed by atoms with van der Waals surface area (Å²) in [6.45, 7) is 0. The number of amidine groups is 1. The summed E-state index contributed by atoms with van der Waals surface area (Å²) < 4.78 is 13.8. The number of hydrazone groups is 1. The number of nitrogens with zero attached hydrogens (tertiary/aromatic N) is 3. The second kappa shape index (κ2) is 6.04. The van der Waals surface area contributed by atoms with E-state index in [1.807, 2.05) is 42.5 Å². The zero-order valence-corrected chi connectivity index (χ0v) is 12.6. The van der Waals surface area contributed by atoms with E-state index in [1.54, 1.807) is 18.5 Å². The molecule has 0 fully saturated rings. The molecule has 0 bridgehead atoms. The maximum Gasteiger partial charge on any atom is 0.154 e. The summed E-state index contributed by atoms with van der Waals surface area (Å²) >= 11 is 0. The summed E-state index contributed by atoms with van der Waals surface area (Å²) in [6.07, 6.45) is 3.38. The number of halogens is 1. The van der Waals surface area contributed by atoms with Gasteiger partial charge in [0, 0.05) is 29.1 Å². The molecule has 3 aromatic rings. The molecule has 0 unspecified atom stereocenters. The van der Waals surface area contributed by atoms with Crippen LogP contribution in [0.5, 0.6) is 0 Å². The molecule has 1 aliphatic heterocycles. The van der Waals surface area contributed by atoms with Gasteiger partial charge in [0.05, 0.1) is 5.69 Å². The van der Waals surface area contributed by atoms with Crippen LogP contribution in [0.4, 0.5) is 10.1 Å². The summed E-state index contributed by atoms with van der Waals surface area (Å²) in [5.41, 5.74) is 6.72. The molecule has 0 atom stereocenters. The van der Waals surface area contributed by atoms with E-state index >= 15 is 0 Å². The lowest BCUT2D eigenvalue weighted by Crippen LogP contribution is -2.19. The maximum atomic E-state index is 13.8. The van der Waals surface area contributed by atoms with Crippen molar-refractivity contribution in [3.63, 3.8) is 0 Å². The Hall–Kier alpha value is -3.34. The second-order valence-corrected chi connectivity index (χ2v) is 5.30. The van der Waals surface area contributed by atoms with E-state index in [2.05, 4.69) is 20.5 Å². The van der Waals surface area contributed by atoms with Crippen LogP contribution in [-0.4, -0.2) is 16.5 Å². The Balaban J connectivity index is 1.89. The molecule has 24 heavy (non-hydrogen) atoms. The van der Waals surface area contributed by atoms with Crippen molar-refractivity contribution in [2.45, 2.75) is 0 Å². The number of hydrogen-bond donors (Lipinski definition) is 1. The minimum Gasteiger partial charge on any atom is -0.265 e. The van der Waals surface area contributed by atoms with Gasteiger partial charge in [-0.2, -0.15) is 5.10 Å². The van der Waals surface area contributed by atoms with Gasteiger partial charge in [-0.25, -0.2) is 9.38 Å². The fourth-order valence-corrected chi connectivity index (χ4v) is 2.56. The van der Waals surface area contributed by atoms with Crippen LogP contribution in [0.2, 0.25) is 0 Å². The highest BCUT2D eigenvalue weighted by Gasteiger charge is 2.17. The lowest BCUT2D eigenvalue weighted by molar-refractivity contribution is 0.627. The first-order valence-corrected chi connectivity index (χ1v) is 7.49. The molecule has 1 N–H and O–H groups in total. The van der Waals surface area contributed by atoms with Crippen LogP contribution in [0.3, 0.4) is 0 Å². The molecule has 2 aromatic carbocycles. The SMILES string of the molecule is Fc1ccc2c(c1)C(c1ccccc1)=NNC(c1ccncc1)=N2. The van der Waals surface area contributed by atoms with Crippen LogP contribution in [0.25, 0.3) is 0 Å². The van der Waals surface area contributed by atoms with Crippen molar-refractivity contribution >= 4 is 17.2 Å². The molecule has 0 saturated carbocycles. The number of aromatic nitrogens is 1. The van der Waals surface area contributed by atoms with Gasteiger partial charge in [-0.1, -0.05) is 30.3 Å². The van der Waals surface area contributed by atoms with E-state index in [9.17, 15) is 4.39 Å². The van der Waals surface area contributed by atoms with Gasteiger partial charge in [0.25, 0.3) is 0 Å². The first-order valence-electron chi connectivity index (χ1n) is 7.49. The number of hydrogen-bond acceptors (Lipinski definition) is 4. The van der Waals surface area contributed by atoms with Crippen LogP contribution in [0.1, 0.15) is 16.7 Å². The van der Waals surface area contributed by atoms with Gasteiger partial charge in [0.15, 0.2) is 5.84 Å². The Morgan fingerprint density at radius 2 is 1.62 bits per heavy atom. The first kappa shape index (κ1) is 14.3. The molecule has 1 aromatic heterocycles. The molecule has 2 heterocycles. The topological polar surface area (TPSA) is 49.6 Å². The third-order valence-electron chi connectivity index (χ3n) is 3.72. The van der Waals surface area contributed by atoms with E-state index in [0.717, 1.165) is 11.1 Å². The average Bonchev–Trinajstić information content (AvgIpc) is 2.82. The molecule has 0 saturated heterocycles. The minimum atomic E-state index is -0.319. The van der Waals surface area contributed by atoms with Gasteiger partial charge < -0.3 is 0 Å². The average molecular weight is 316 g/mol. The molecule has 1 aliphatic rings. The first-order chi connectivity index (χ1) is 11.8. The highest BCUT2D eigenvalue weighted by Crippen LogP contribution is 2.26. The predicted octanol–water partition coefficient (Wildman–Crippen LogP) is 3.65. The maximum absolute atomic E-state index is 13.8. The fraction of sp³-hybridized carbons (Fsp3) is 0. The Morgan fingerprint density at radius 3 is 2.42 bits per heavy atom. The van der Waals surface area contributed by atoms with Crippen LogP contribution in [0, 0.1) is 5.82 Å². The van der Waals surface area contributed by atoms with Gasteiger partial charge in [-0.05, 0) is 30.3 Å². The monoisotopic (exact) mass is 316 g/mol. The predicted molar refractivity (Wildman–Crippen MR) is 92.1 cm³/mol. The molecule has 0 aliphatic carbocycles. The lowest BCUT2D eigenvalue weighted by Gasteiger charge is -2.07. The Kier molecular flexibility index (Phi) is 3.59. The molecular formula is C19H13FN4. The van der Waals surface area contributed by atoms with E-state index in [-0.39, 0.29) is 5.82 Å². The summed E-state index contributed by atoms with van der Waals surface area (Å²) in [4.78, 5) is 8.64. The normalized spacial score (nSPS) is 13.2. The van der Waals surface area contributed by atoms with Crippen molar-refractivity contribution < 1.29 is 4.39 Å². The van der Waals surface area contributed by atoms with Crippen LogP contribution < -0.4 is 5.43 Å². The van der Waals surface area contributed by atoms with Crippen molar-refractivity contribution in [3.05, 3.63) is 95.6 Å². The van der Waals surface area contributed by atoms with E-state index in [4.69, 9.17) is 0 Å². The van der Waals surface area contributed by atoms with Crippen LogP contribution in [-0.2, 0) is 0 Å². The Bertz CT molecular complexity index is 934. The largest absolute Gasteiger partial charge is 0.265 e. The van der Waals surface area contributed by atoms with Gasteiger partial charge in [-0.15, -0.1) is 0 Å². The molecule has 0 radical (unpaired) electrons. The summed E-state index contributed by atoms with van der Waals surface area (Å²) in [5, 5.41) is 4.48. The van der Waals surface area contributed by atoms with Crippen LogP contribution >= 0.6 is 0 Å². The van der Waals surface area contributed by atoms with Crippen molar-refractivity contribution in [3.8, 4) is 0 Å². The highest BCUT2D eigenvalue weighted by atomic mass is 19.1. The Morgan fingerprint density at radius 1 is 0.833 bits per heavy atom. The zero-order valence-electron chi connectivity index (χ0n) is 12.6.